The first-order valence-electron chi connectivity index (χ1n) is 10.1. The molecule has 0 radical (unpaired) electrons. The lowest BCUT2D eigenvalue weighted by Gasteiger charge is -2.23. The number of anilines is 2. The second-order valence-corrected chi connectivity index (χ2v) is 8.11. The van der Waals surface area contributed by atoms with Gasteiger partial charge < -0.3 is 16.0 Å². The minimum Gasteiger partial charge on any atom is -0.376 e. The van der Waals surface area contributed by atoms with Crippen LogP contribution in [0.25, 0.3) is 0 Å². The molecular weight excluding hydrogens is 386 g/mol. The Balaban J connectivity index is 1.58. The van der Waals surface area contributed by atoms with Gasteiger partial charge in [-0.15, -0.1) is 0 Å². The molecule has 3 rings (SSSR count). The fourth-order valence-corrected chi connectivity index (χ4v) is 3.73. The summed E-state index contributed by atoms with van der Waals surface area (Å²) >= 11 is 6.23. The molecule has 5 nitrogen and oxygen atoms in total. The summed E-state index contributed by atoms with van der Waals surface area (Å²) in [6.07, 6.45) is 5.52. The second-order valence-electron chi connectivity index (χ2n) is 7.70. The number of carbonyl (C=O) groups excluding carboxylic acids is 2. The van der Waals surface area contributed by atoms with Crippen LogP contribution < -0.4 is 16.0 Å². The van der Waals surface area contributed by atoms with Gasteiger partial charge in [0.15, 0.2) is 0 Å². The first kappa shape index (κ1) is 21.2. The molecule has 1 aliphatic rings. The number of hydrogen-bond acceptors (Lipinski definition) is 3. The Morgan fingerprint density at radius 1 is 0.966 bits per heavy atom. The molecule has 0 spiro atoms. The Morgan fingerprint density at radius 2 is 1.69 bits per heavy atom. The van der Waals surface area contributed by atoms with Gasteiger partial charge in [0.25, 0.3) is 5.91 Å². The van der Waals surface area contributed by atoms with Gasteiger partial charge in [-0.3, -0.25) is 9.59 Å². The summed E-state index contributed by atoms with van der Waals surface area (Å²) in [4.78, 5) is 24.9. The lowest BCUT2D eigenvalue weighted by molar-refractivity contribution is -0.114. The maximum absolute atomic E-state index is 12.6. The van der Waals surface area contributed by atoms with Crippen LogP contribution in [0.15, 0.2) is 36.4 Å². The third-order valence-corrected chi connectivity index (χ3v) is 5.72. The van der Waals surface area contributed by atoms with Crippen molar-refractivity contribution in [3.8, 4) is 0 Å². The quantitative estimate of drug-likeness (QED) is 0.619. The average molecular weight is 414 g/mol. The molecule has 1 aliphatic carbocycles. The summed E-state index contributed by atoms with van der Waals surface area (Å²) in [5.41, 5.74) is 4.21. The minimum absolute atomic E-state index is 0.134. The van der Waals surface area contributed by atoms with Crippen LogP contribution >= 0.6 is 11.6 Å². The molecule has 0 bridgehead atoms. The molecule has 0 aliphatic heterocycles. The molecule has 29 heavy (non-hydrogen) atoms. The standard InChI is InChI=1S/C23H28ClN3O2/c1-15-8-9-18(12-16(15)2)25-14-22(28)26-19-10-11-21(24)20(13-19)23(29)27-17-6-4-3-5-7-17/h8-13,17,25H,3-7,14H2,1-2H3,(H,26,28)(H,27,29). The van der Waals surface area contributed by atoms with Crippen LogP contribution in [-0.4, -0.2) is 24.4 Å². The lowest BCUT2D eigenvalue weighted by atomic mass is 9.95. The highest BCUT2D eigenvalue weighted by Gasteiger charge is 2.19. The third kappa shape index (κ3) is 5.97. The second kappa shape index (κ2) is 9.79. The summed E-state index contributed by atoms with van der Waals surface area (Å²) < 4.78 is 0. The van der Waals surface area contributed by atoms with Gasteiger partial charge in [0.05, 0.1) is 17.1 Å². The van der Waals surface area contributed by atoms with E-state index in [1.807, 2.05) is 32.0 Å². The van der Waals surface area contributed by atoms with E-state index >= 15 is 0 Å². The fourth-order valence-electron chi connectivity index (χ4n) is 3.53. The number of carbonyl (C=O) groups is 2. The highest BCUT2D eigenvalue weighted by Crippen LogP contribution is 2.23. The summed E-state index contributed by atoms with van der Waals surface area (Å²) in [5.74, 6) is -0.379. The number of halogens is 1. The smallest absolute Gasteiger partial charge is 0.253 e. The molecule has 1 saturated carbocycles. The molecule has 0 aromatic heterocycles. The van der Waals surface area contributed by atoms with Crippen LogP contribution in [0.3, 0.4) is 0 Å². The number of aryl methyl sites for hydroxylation is 2. The van der Waals surface area contributed by atoms with Crippen molar-refractivity contribution in [2.24, 2.45) is 0 Å². The largest absolute Gasteiger partial charge is 0.376 e. The fraction of sp³-hybridized carbons (Fsp3) is 0.391. The molecule has 2 aromatic rings. The van der Waals surface area contributed by atoms with Crippen LogP contribution in [0.4, 0.5) is 11.4 Å². The van der Waals surface area contributed by atoms with E-state index in [1.165, 1.54) is 17.5 Å². The lowest BCUT2D eigenvalue weighted by Crippen LogP contribution is -2.36. The Bertz CT molecular complexity index is 892. The predicted molar refractivity (Wildman–Crippen MR) is 119 cm³/mol. The first-order chi connectivity index (χ1) is 13.9. The van der Waals surface area contributed by atoms with Gasteiger partial charge in [-0.1, -0.05) is 36.9 Å². The number of rotatable bonds is 6. The molecular formula is C23H28ClN3O2. The molecule has 0 atom stereocenters. The summed E-state index contributed by atoms with van der Waals surface area (Å²) in [6, 6.07) is 11.2. The van der Waals surface area contributed by atoms with E-state index < -0.39 is 0 Å². The van der Waals surface area contributed by atoms with Crippen LogP contribution in [0.5, 0.6) is 0 Å². The Labute approximate surface area is 177 Å². The van der Waals surface area contributed by atoms with Gasteiger partial charge in [-0.05, 0) is 68.1 Å². The van der Waals surface area contributed by atoms with E-state index in [9.17, 15) is 9.59 Å². The van der Waals surface area contributed by atoms with Crippen LogP contribution in [-0.2, 0) is 4.79 Å². The predicted octanol–water partition coefficient (Wildman–Crippen LogP) is 5.07. The monoisotopic (exact) mass is 413 g/mol. The van der Waals surface area contributed by atoms with E-state index in [0.29, 0.717) is 16.3 Å². The molecule has 2 amide bonds. The van der Waals surface area contributed by atoms with Crippen LogP contribution in [0, 0.1) is 13.8 Å². The van der Waals surface area contributed by atoms with Gasteiger partial charge in [-0.25, -0.2) is 0 Å². The van der Waals surface area contributed by atoms with Gasteiger partial charge >= 0.3 is 0 Å². The highest BCUT2D eigenvalue weighted by molar-refractivity contribution is 6.34. The van der Waals surface area contributed by atoms with Crippen molar-refractivity contribution in [2.45, 2.75) is 52.0 Å². The van der Waals surface area contributed by atoms with E-state index in [0.717, 1.165) is 31.4 Å². The van der Waals surface area contributed by atoms with E-state index in [-0.39, 0.29) is 24.4 Å². The highest BCUT2D eigenvalue weighted by atomic mass is 35.5. The van der Waals surface area contributed by atoms with Crippen molar-refractivity contribution >= 4 is 34.8 Å². The van der Waals surface area contributed by atoms with Crippen molar-refractivity contribution in [1.29, 1.82) is 0 Å². The normalized spacial score (nSPS) is 14.3. The van der Waals surface area contributed by atoms with Crippen molar-refractivity contribution in [3.05, 3.63) is 58.1 Å². The van der Waals surface area contributed by atoms with Gasteiger partial charge in [0.2, 0.25) is 5.91 Å². The third-order valence-electron chi connectivity index (χ3n) is 5.40. The van der Waals surface area contributed by atoms with E-state index in [2.05, 4.69) is 16.0 Å². The van der Waals surface area contributed by atoms with Gasteiger partial charge in [0, 0.05) is 17.4 Å². The van der Waals surface area contributed by atoms with Crippen molar-refractivity contribution in [2.75, 3.05) is 17.2 Å². The molecule has 154 valence electrons. The SMILES string of the molecule is Cc1ccc(NCC(=O)Nc2ccc(Cl)c(C(=O)NC3CCCCC3)c2)cc1C. The zero-order valence-electron chi connectivity index (χ0n) is 17.0. The van der Waals surface area contributed by atoms with E-state index in [4.69, 9.17) is 11.6 Å². The Kier molecular flexibility index (Phi) is 7.15. The molecule has 6 heteroatoms. The summed E-state index contributed by atoms with van der Waals surface area (Å²) in [6.45, 7) is 4.22. The van der Waals surface area contributed by atoms with Gasteiger partial charge in [-0.2, -0.15) is 0 Å². The number of benzene rings is 2. The molecule has 0 unspecified atom stereocenters. The van der Waals surface area contributed by atoms with Crippen LogP contribution in [0.1, 0.15) is 53.6 Å². The Morgan fingerprint density at radius 3 is 2.41 bits per heavy atom. The molecule has 0 saturated heterocycles. The average Bonchev–Trinajstić information content (AvgIpc) is 2.71. The maximum Gasteiger partial charge on any atom is 0.253 e. The molecule has 2 aromatic carbocycles. The number of amides is 2. The van der Waals surface area contributed by atoms with E-state index in [1.54, 1.807) is 18.2 Å². The minimum atomic E-state index is -0.191. The zero-order chi connectivity index (χ0) is 20.8. The van der Waals surface area contributed by atoms with Crippen molar-refractivity contribution in [3.63, 3.8) is 0 Å². The Hall–Kier alpha value is -2.53. The molecule has 0 heterocycles. The number of hydrogen-bond donors (Lipinski definition) is 3. The molecule has 3 N–H and O–H groups in total. The first-order valence-corrected chi connectivity index (χ1v) is 10.5. The molecule has 1 fully saturated rings. The maximum atomic E-state index is 12.6. The number of nitrogens with one attached hydrogen (secondary N) is 3. The van der Waals surface area contributed by atoms with Crippen LogP contribution in [0.2, 0.25) is 5.02 Å². The summed E-state index contributed by atoms with van der Waals surface area (Å²) in [5, 5.41) is 9.39. The zero-order valence-corrected chi connectivity index (χ0v) is 17.7. The topological polar surface area (TPSA) is 70.2 Å². The van der Waals surface area contributed by atoms with Crippen molar-refractivity contribution in [1.82, 2.24) is 5.32 Å². The van der Waals surface area contributed by atoms with Gasteiger partial charge in [0.1, 0.15) is 0 Å². The summed E-state index contributed by atoms with van der Waals surface area (Å²) in [7, 11) is 0. The van der Waals surface area contributed by atoms with Crippen molar-refractivity contribution < 1.29 is 9.59 Å².